The lowest BCUT2D eigenvalue weighted by Gasteiger charge is -2.10. The summed E-state index contributed by atoms with van der Waals surface area (Å²) in [7, 11) is 0. The Bertz CT molecular complexity index is 185. The number of nitrogens with two attached hydrogens (primary N) is 1. The standard InChI is InChI=1S/C10H17N/c1-5-7-9(8(3)4)10(11)6-2/h5-8H,1,11H2,2-4H3/b9-7-,10-6+. The number of hydrogen-bond donors (Lipinski definition) is 1. The summed E-state index contributed by atoms with van der Waals surface area (Å²) in [6, 6.07) is 0. The first-order valence-corrected chi connectivity index (χ1v) is 3.88. The van der Waals surface area contributed by atoms with Gasteiger partial charge in [-0.1, -0.05) is 38.7 Å². The third kappa shape index (κ3) is 3.08. The van der Waals surface area contributed by atoms with Gasteiger partial charge in [0.1, 0.15) is 0 Å². The fourth-order valence-electron chi connectivity index (χ4n) is 0.916. The van der Waals surface area contributed by atoms with E-state index in [1.54, 1.807) is 6.08 Å². The third-order valence-electron chi connectivity index (χ3n) is 1.56. The number of allylic oxidation sites excluding steroid dienone is 4. The molecule has 0 bridgehead atoms. The molecule has 0 aliphatic heterocycles. The van der Waals surface area contributed by atoms with Gasteiger partial charge in [-0.3, -0.25) is 0 Å². The molecule has 0 atom stereocenters. The van der Waals surface area contributed by atoms with Gasteiger partial charge in [-0.25, -0.2) is 0 Å². The lowest BCUT2D eigenvalue weighted by molar-refractivity contribution is 0.774. The molecule has 0 radical (unpaired) electrons. The highest BCUT2D eigenvalue weighted by Crippen LogP contribution is 2.15. The SMILES string of the molecule is C=C/C=C(\C(N)=C/C)C(C)C. The van der Waals surface area contributed by atoms with Crippen LogP contribution in [0.25, 0.3) is 0 Å². The van der Waals surface area contributed by atoms with Gasteiger partial charge < -0.3 is 5.73 Å². The van der Waals surface area contributed by atoms with Crippen LogP contribution in [0.1, 0.15) is 20.8 Å². The minimum absolute atomic E-state index is 0.462. The van der Waals surface area contributed by atoms with E-state index in [4.69, 9.17) is 5.73 Å². The van der Waals surface area contributed by atoms with Crippen LogP contribution < -0.4 is 5.73 Å². The fraction of sp³-hybridized carbons (Fsp3) is 0.400. The fourth-order valence-corrected chi connectivity index (χ4v) is 0.916. The highest BCUT2D eigenvalue weighted by molar-refractivity contribution is 5.31. The molecule has 0 aromatic carbocycles. The summed E-state index contributed by atoms with van der Waals surface area (Å²) >= 11 is 0. The highest BCUT2D eigenvalue weighted by atomic mass is 14.6. The highest BCUT2D eigenvalue weighted by Gasteiger charge is 2.03. The second-order valence-corrected chi connectivity index (χ2v) is 2.76. The van der Waals surface area contributed by atoms with Crippen molar-refractivity contribution in [1.29, 1.82) is 0 Å². The minimum atomic E-state index is 0.462. The maximum Gasteiger partial charge on any atom is 0.0305 e. The van der Waals surface area contributed by atoms with Crippen LogP contribution in [0.2, 0.25) is 0 Å². The first-order chi connectivity index (χ1) is 5.13. The summed E-state index contributed by atoms with van der Waals surface area (Å²) in [6.07, 6.45) is 5.64. The quantitative estimate of drug-likeness (QED) is 0.616. The first kappa shape index (κ1) is 10.0. The average Bonchev–Trinajstić information content (AvgIpc) is 1.98. The minimum Gasteiger partial charge on any atom is -0.399 e. The van der Waals surface area contributed by atoms with E-state index in [1.807, 2.05) is 19.1 Å². The molecule has 0 rings (SSSR count). The van der Waals surface area contributed by atoms with Gasteiger partial charge in [0.25, 0.3) is 0 Å². The second-order valence-electron chi connectivity index (χ2n) is 2.76. The Labute approximate surface area is 69.3 Å². The molecule has 0 aliphatic rings. The Balaban J connectivity index is 4.61. The second kappa shape index (κ2) is 4.78. The number of hydrogen-bond acceptors (Lipinski definition) is 1. The summed E-state index contributed by atoms with van der Waals surface area (Å²) < 4.78 is 0. The van der Waals surface area contributed by atoms with E-state index in [2.05, 4.69) is 20.4 Å². The summed E-state index contributed by atoms with van der Waals surface area (Å²) in [5.41, 5.74) is 7.75. The molecule has 0 aromatic heterocycles. The van der Waals surface area contributed by atoms with Crippen molar-refractivity contribution in [2.75, 3.05) is 0 Å². The molecule has 0 amide bonds. The molecule has 0 saturated heterocycles. The molecule has 0 spiro atoms. The van der Waals surface area contributed by atoms with Crippen molar-refractivity contribution < 1.29 is 0 Å². The monoisotopic (exact) mass is 151 g/mol. The predicted molar refractivity (Wildman–Crippen MR) is 51.1 cm³/mol. The van der Waals surface area contributed by atoms with Crippen molar-refractivity contribution >= 4 is 0 Å². The van der Waals surface area contributed by atoms with Crippen LogP contribution in [-0.4, -0.2) is 0 Å². The van der Waals surface area contributed by atoms with Crippen LogP contribution in [0.4, 0.5) is 0 Å². The topological polar surface area (TPSA) is 26.0 Å². The Morgan fingerprint density at radius 3 is 2.27 bits per heavy atom. The lowest BCUT2D eigenvalue weighted by atomic mass is 10.00. The average molecular weight is 151 g/mol. The van der Waals surface area contributed by atoms with Crippen molar-refractivity contribution in [3.8, 4) is 0 Å². The van der Waals surface area contributed by atoms with Crippen LogP contribution in [0.5, 0.6) is 0 Å². The van der Waals surface area contributed by atoms with Crippen molar-refractivity contribution in [2.45, 2.75) is 20.8 Å². The van der Waals surface area contributed by atoms with Crippen LogP contribution in [0.3, 0.4) is 0 Å². The van der Waals surface area contributed by atoms with Crippen molar-refractivity contribution in [1.82, 2.24) is 0 Å². The van der Waals surface area contributed by atoms with Gasteiger partial charge in [-0.05, 0) is 18.4 Å². The van der Waals surface area contributed by atoms with Crippen molar-refractivity contribution in [2.24, 2.45) is 11.7 Å². The lowest BCUT2D eigenvalue weighted by Crippen LogP contribution is -2.05. The molecule has 0 saturated carbocycles. The van der Waals surface area contributed by atoms with Gasteiger partial charge in [0.05, 0.1) is 0 Å². The maximum absolute atomic E-state index is 5.75. The summed E-state index contributed by atoms with van der Waals surface area (Å²) in [4.78, 5) is 0. The Hall–Kier alpha value is -0.980. The summed E-state index contributed by atoms with van der Waals surface area (Å²) in [6.45, 7) is 9.81. The molecular weight excluding hydrogens is 134 g/mol. The molecule has 0 fully saturated rings. The van der Waals surface area contributed by atoms with Gasteiger partial charge >= 0.3 is 0 Å². The van der Waals surface area contributed by atoms with E-state index in [9.17, 15) is 0 Å². The molecule has 0 aliphatic carbocycles. The summed E-state index contributed by atoms with van der Waals surface area (Å²) in [5.74, 6) is 0.462. The van der Waals surface area contributed by atoms with Gasteiger partial charge in [-0.15, -0.1) is 0 Å². The van der Waals surface area contributed by atoms with E-state index in [0.29, 0.717) is 5.92 Å². The number of rotatable bonds is 3. The molecule has 62 valence electrons. The van der Waals surface area contributed by atoms with Crippen molar-refractivity contribution in [3.63, 3.8) is 0 Å². The van der Waals surface area contributed by atoms with Gasteiger partial charge in [0.2, 0.25) is 0 Å². The molecule has 11 heavy (non-hydrogen) atoms. The molecule has 0 unspecified atom stereocenters. The van der Waals surface area contributed by atoms with Crippen LogP contribution in [0.15, 0.2) is 36.1 Å². The molecule has 0 heterocycles. The van der Waals surface area contributed by atoms with Gasteiger partial charge in [-0.2, -0.15) is 0 Å². The molecular formula is C10H17N. The van der Waals surface area contributed by atoms with E-state index in [-0.39, 0.29) is 0 Å². The van der Waals surface area contributed by atoms with Gasteiger partial charge in [0, 0.05) is 5.70 Å². The maximum atomic E-state index is 5.75. The Morgan fingerprint density at radius 2 is 2.00 bits per heavy atom. The molecule has 0 aromatic rings. The molecule has 1 heteroatoms. The van der Waals surface area contributed by atoms with Crippen molar-refractivity contribution in [3.05, 3.63) is 36.1 Å². The first-order valence-electron chi connectivity index (χ1n) is 3.88. The van der Waals surface area contributed by atoms with E-state index < -0.39 is 0 Å². The molecule has 2 N–H and O–H groups in total. The van der Waals surface area contributed by atoms with Crippen LogP contribution in [0, 0.1) is 5.92 Å². The van der Waals surface area contributed by atoms with Gasteiger partial charge in [0.15, 0.2) is 0 Å². The van der Waals surface area contributed by atoms with E-state index in [1.165, 1.54) is 0 Å². The summed E-state index contributed by atoms with van der Waals surface area (Å²) in [5, 5.41) is 0. The Kier molecular flexibility index (Phi) is 4.35. The van der Waals surface area contributed by atoms with Crippen LogP contribution >= 0.6 is 0 Å². The van der Waals surface area contributed by atoms with E-state index >= 15 is 0 Å². The third-order valence-corrected chi connectivity index (χ3v) is 1.56. The van der Waals surface area contributed by atoms with Crippen LogP contribution in [-0.2, 0) is 0 Å². The predicted octanol–water partition coefficient (Wildman–Crippen LogP) is 2.62. The van der Waals surface area contributed by atoms with E-state index in [0.717, 1.165) is 11.3 Å². The molecule has 1 nitrogen and oxygen atoms in total. The normalized spacial score (nSPS) is 13.8. The zero-order chi connectivity index (χ0) is 8.85. The Morgan fingerprint density at radius 1 is 1.45 bits per heavy atom. The zero-order valence-corrected chi connectivity index (χ0v) is 7.59. The smallest absolute Gasteiger partial charge is 0.0305 e. The zero-order valence-electron chi connectivity index (χ0n) is 7.59. The largest absolute Gasteiger partial charge is 0.399 e.